The van der Waals surface area contributed by atoms with Crippen molar-refractivity contribution in [1.29, 1.82) is 0 Å². The van der Waals surface area contributed by atoms with Crippen molar-refractivity contribution < 1.29 is 9.59 Å². The fourth-order valence-corrected chi connectivity index (χ4v) is 3.19. The Balaban J connectivity index is 1.53. The lowest BCUT2D eigenvalue weighted by molar-refractivity contribution is -0.114. The third kappa shape index (κ3) is 4.42. The van der Waals surface area contributed by atoms with E-state index in [-0.39, 0.29) is 18.4 Å². The zero-order valence-electron chi connectivity index (χ0n) is 15.3. The first kappa shape index (κ1) is 18.0. The van der Waals surface area contributed by atoms with Gasteiger partial charge in [-0.05, 0) is 62.6 Å². The maximum Gasteiger partial charge on any atom is 0.253 e. The van der Waals surface area contributed by atoms with Crippen LogP contribution in [0.4, 0.5) is 11.4 Å². The minimum atomic E-state index is -0.122. The first-order valence-electron chi connectivity index (χ1n) is 9.03. The van der Waals surface area contributed by atoms with Crippen molar-refractivity contribution >= 4 is 23.2 Å². The van der Waals surface area contributed by atoms with Crippen LogP contribution < -0.4 is 10.6 Å². The summed E-state index contributed by atoms with van der Waals surface area (Å²) in [6.45, 7) is 5.92. The lowest BCUT2D eigenvalue weighted by Crippen LogP contribution is -2.27. The highest BCUT2D eigenvalue weighted by molar-refractivity contribution is 5.96. The van der Waals surface area contributed by atoms with Crippen molar-refractivity contribution in [2.75, 3.05) is 30.3 Å². The van der Waals surface area contributed by atoms with Gasteiger partial charge in [-0.25, -0.2) is 0 Å². The molecule has 0 bridgehead atoms. The summed E-state index contributed by atoms with van der Waals surface area (Å²) in [4.78, 5) is 26.3. The van der Waals surface area contributed by atoms with E-state index in [1.54, 1.807) is 24.3 Å². The van der Waals surface area contributed by atoms with E-state index in [1.807, 2.05) is 30.9 Å². The minimum absolute atomic E-state index is 0.0666. The lowest BCUT2D eigenvalue weighted by Gasteiger charge is -2.15. The fraction of sp³-hybridized carbons (Fsp3) is 0.333. The summed E-state index contributed by atoms with van der Waals surface area (Å²) in [6, 6.07) is 13.2. The molecule has 1 aliphatic rings. The monoisotopic (exact) mass is 351 g/mol. The van der Waals surface area contributed by atoms with Gasteiger partial charge in [-0.2, -0.15) is 0 Å². The Hall–Kier alpha value is -2.82. The van der Waals surface area contributed by atoms with Crippen molar-refractivity contribution in [2.24, 2.45) is 0 Å². The Morgan fingerprint density at radius 2 is 1.69 bits per heavy atom. The number of aryl methyl sites for hydroxylation is 2. The van der Waals surface area contributed by atoms with Crippen molar-refractivity contribution in [3.63, 3.8) is 0 Å². The number of carbonyl (C=O) groups is 2. The number of amides is 2. The van der Waals surface area contributed by atoms with Crippen LogP contribution in [0.1, 0.15) is 34.3 Å². The maximum atomic E-state index is 12.3. The molecule has 0 aliphatic carbocycles. The molecule has 26 heavy (non-hydrogen) atoms. The largest absolute Gasteiger partial charge is 0.376 e. The number of benzene rings is 2. The summed E-state index contributed by atoms with van der Waals surface area (Å²) in [5, 5.41) is 6.01. The molecule has 2 N–H and O–H groups in total. The second-order valence-electron chi connectivity index (χ2n) is 6.80. The number of anilines is 2. The van der Waals surface area contributed by atoms with Crippen molar-refractivity contribution in [3.05, 3.63) is 59.2 Å². The Kier molecular flexibility index (Phi) is 5.56. The van der Waals surface area contributed by atoms with Crippen LogP contribution in [-0.4, -0.2) is 36.3 Å². The van der Waals surface area contributed by atoms with E-state index in [4.69, 9.17) is 0 Å². The van der Waals surface area contributed by atoms with Crippen molar-refractivity contribution in [2.45, 2.75) is 26.7 Å². The van der Waals surface area contributed by atoms with Crippen LogP contribution in [0.15, 0.2) is 42.5 Å². The van der Waals surface area contributed by atoms with E-state index in [0.717, 1.165) is 37.2 Å². The van der Waals surface area contributed by atoms with Gasteiger partial charge >= 0.3 is 0 Å². The summed E-state index contributed by atoms with van der Waals surface area (Å²) >= 11 is 0. The van der Waals surface area contributed by atoms with Gasteiger partial charge in [0, 0.05) is 30.0 Å². The SMILES string of the molecule is Cc1ccc(NCC(=O)Nc2ccc(C(=O)N3CCCC3)cc2)c(C)c1. The van der Waals surface area contributed by atoms with Gasteiger partial charge in [-0.3, -0.25) is 9.59 Å². The van der Waals surface area contributed by atoms with Gasteiger partial charge in [0.15, 0.2) is 0 Å². The molecule has 136 valence electrons. The van der Waals surface area contributed by atoms with E-state index in [1.165, 1.54) is 5.56 Å². The second kappa shape index (κ2) is 8.04. The molecule has 2 aromatic rings. The molecule has 1 aliphatic heterocycles. The van der Waals surface area contributed by atoms with Gasteiger partial charge in [-0.1, -0.05) is 17.7 Å². The molecule has 2 amide bonds. The van der Waals surface area contributed by atoms with Crippen LogP contribution >= 0.6 is 0 Å². The van der Waals surface area contributed by atoms with Crippen LogP contribution in [-0.2, 0) is 4.79 Å². The molecule has 1 heterocycles. The predicted molar refractivity (Wildman–Crippen MR) is 105 cm³/mol. The van der Waals surface area contributed by atoms with Crippen LogP contribution in [0, 0.1) is 13.8 Å². The highest BCUT2D eigenvalue weighted by Gasteiger charge is 2.19. The van der Waals surface area contributed by atoms with E-state index in [0.29, 0.717) is 11.3 Å². The summed E-state index contributed by atoms with van der Waals surface area (Å²) in [7, 11) is 0. The van der Waals surface area contributed by atoms with Crippen LogP contribution in [0.2, 0.25) is 0 Å². The van der Waals surface area contributed by atoms with Crippen molar-refractivity contribution in [3.8, 4) is 0 Å². The smallest absolute Gasteiger partial charge is 0.253 e. The predicted octanol–water partition coefficient (Wildman–Crippen LogP) is 3.59. The van der Waals surface area contributed by atoms with Crippen LogP contribution in [0.5, 0.6) is 0 Å². The average Bonchev–Trinajstić information content (AvgIpc) is 3.16. The molecule has 2 aromatic carbocycles. The summed E-state index contributed by atoms with van der Waals surface area (Å²) in [5.41, 5.74) is 4.62. The first-order chi connectivity index (χ1) is 12.5. The number of likely N-dealkylation sites (tertiary alicyclic amines) is 1. The Labute approximate surface area is 154 Å². The van der Waals surface area contributed by atoms with Gasteiger partial charge in [-0.15, -0.1) is 0 Å². The number of hydrogen-bond donors (Lipinski definition) is 2. The molecular formula is C21H25N3O2. The van der Waals surface area contributed by atoms with Gasteiger partial charge in [0.2, 0.25) is 5.91 Å². The van der Waals surface area contributed by atoms with Crippen LogP contribution in [0.3, 0.4) is 0 Å². The third-order valence-electron chi connectivity index (χ3n) is 4.63. The Morgan fingerprint density at radius 3 is 2.35 bits per heavy atom. The molecule has 1 fully saturated rings. The molecule has 0 radical (unpaired) electrons. The normalized spacial score (nSPS) is 13.5. The van der Waals surface area contributed by atoms with E-state index >= 15 is 0 Å². The number of nitrogens with one attached hydrogen (secondary N) is 2. The molecule has 0 saturated carbocycles. The maximum absolute atomic E-state index is 12.3. The lowest BCUT2D eigenvalue weighted by atomic mass is 10.1. The van der Waals surface area contributed by atoms with E-state index < -0.39 is 0 Å². The summed E-state index contributed by atoms with van der Waals surface area (Å²) < 4.78 is 0. The highest BCUT2D eigenvalue weighted by Crippen LogP contribution is 2.17. The first-order valence-corrected chi connectivity index (χ1v) is 9.03. The Morgan fingerprint density at radius 1 is 1.00 bits per heavy atom. The molecule has 0 unspecified atom stereocenters. The minimum Gasteiger partial charge on any atom is -0.376 e. The molecular weight excluding hydrogens is 326 g/mol. The number of hydrogen-bond acceptors (Lipinski definition) is 3. The van der Waals surface area contributed by atoms with Crippen molar-refractivity contribution in [1.82, 2.24) is 4.90 Å². The molecule has 0 atom stereocenters. The quantitative estimate of drug-likeness (QED) is 0.865. The van der Waals surface area contributed by atoms with E-state index in [9.17, 15) is 9.59 Å². The second-order valence-corrected chi connectivity index (χ2v) is 6.80. The average molecular weight is 351 g/mol. The molecule has 5 heteroatoms. The van der Waals surface area contributed by atoms with E-state index in [2.05, 4.69) is 16.7 Å². The molecule has 5 nitrogen and oxygen atoms in total. The highest BCUT2D eigenvalue weighted by atomic mass is 16.2. The molecule has 1 saturated heterocycles. The summed E-state index contributed by atoms with van der Waals surface area (Å²) in [5.74, 6) is -0.0551. The Bertz CT molecular complexity index is 793. The number of nitrogens with zero attached hydrogens (tertiary/aromatic N) is 1. The standard InChI is InChI=1S/C21H25N3O2/c1-15-5-10-19(16(2)13-15)22-14-20(25)23-18-8-6-17(7-9-18)21(26)24-11-3-4-12-24/h5-10,13,22H,3-4,11-12,14H2,1-2H3,(H,23,25). The third-order valence-corrected chi connectivity index (χ3v) is 4.63. The van der Waals surface area contributed by atoms with Gasteiger partial charge < -0.3 is 15.5 Å². The zero-order chi connectivity index (χ0) is 18.5. The van der Waals surface area contributed by atoms with Gasteiger partial charge in [0.25, 0.3) is 5.91 Å². The summed E-state index contributed by atoms with van der Waals surface area (Å²) in [6.07, 6.45) is 2.15. The molecule has 3 rings (SSSR count). The van der Waals surface area contributed by atoms with Gasteiger partial charge in [0.05, 0.1) is 6.54 Å². The number of carbonyl (C=O) groups excluding carboxylic acids is 2. The topological polar surface area (TPSA) is 61.4 Å². The number of rotatable bonds is 5. The zero-order valence-corrected chi connectivity index (χ0v) is 15.3. The molecule has 0 spiro atoms. The fourth-order valence-electron chi connectivity index (χ4n) is 3.19. The molecule has 0 aromatic heterocycles. The van der Waals surface area contributed by atoms with Crippen LogP contribution in [0.25, 0.3) is 0 Å². The van der Waals surface area contributed by atoms with Gasteiger partial charge in [0.1, 0.15) is 0 Å².